The van der Waals surface area contributed by atoms with Gasteiger partial charge in [-0.2, -0.15) is 0 Å². The number of nitrogens with zero attached hydrogens (tertiary/aromatic N) is 1. The van der Waals surface area contributed by atoms with E-state index in [0.29, 0.717) is 6.04 Å². The highest BCUT2D eigenvalue weighted by Crippen LogP contribution is 2.42. The fourth-order valence-corrected chi connectivity index (χ4v) is 3.76. The summed E-state index contributed by atoms with van der Waals surface area (Å²) in [5, 5.41) is 10.0. The first kappa shape index (κ1) is 14.3. The molecule has 1 aliphatic carbocycles. The van der Waals surface area contributed by atoms with Crippen LogP contribution in [0.4, 0.5) is 0 Å². The van der Waals surface area contributed by atoms with E-state index in [-0.39, 0.29) is 6.10 Å². The Kier molecular flexibility index (Phi) is 3.74. The highest BCUT2D eigenvalue weighted by atomic mass is 16.5. The quantitative estimate of drug-likeness (QED) is 0.928. The molecule has 4 heteroatoms. The zero-order chi connectivity index (χ0) is 15.1. The van der Waals surface area contributed by atoms with Crippen molar-refractivity contribution >= 4 is 0 Å². The molecule has 1 aromatic rings. The highest BCUT2D eigenvalue weighted by molar-refractivity contribution is 5.49. The average Bonchev–Trinajstić information content (AvgIpc) is 3.36. The lowest BCUT2D eigenvalue weighted by atomic mass is 9.85. The molecule has 0 amide bonds. The second-order valence-electron chi connectivity index (χ2n) is 6.94. The van der Waals surface area contributed by atoms with Crippen LogP contribution < -0.4 is 9.47 Å². The van der Waals surface area contributed by atoms with Crippen molar-refractivity contribution in [1.29, 1.82) is 0 Å². The summed E-state index contributed by atoms with van der Waals surface area (Å²) in [5.41, 5.74) is 2.68. The summed E-state index contributed by atoms with van der Waals surface area (Å²) in [4.78, 5) is 2.50. The molecule has 1 saturated carbocycles. The number of aliphatic hydroxyl groups excluding tert-OH is 1. The van der Waals surface area contributed by atoms with Crippen molar-refractivity contribution < 1.29 is 14.6 Å². The van der Waals surface area contributed by atoms with Crippen molar-refractivity contribution in [3.05, 3.63) is 23.3 Å². The summed E-state index contributed by atoms with van der Waals surface area (Å²) >= 11 is 0. The van der Waals surface area contributed by atoms with E-state index >= 15 is 0 Å². The van der Waals surface area contributed by atoms with Gasteiger partial charge in [0.2, 0.25) is 0 Å². The molecule has 0 radical (unpaired) electrons. The van der Waals surface area contributed by atoms with E-state index in [1.165, 1.54) is 24.0 Å². The third-order valence-corrected chi connectivity index (χ3v) is 5.31. The summed E-state index contributed by atoms with van der Waals surface area (Å²) in [5.74, 6) is 2.46. The number of rotatable bonds is 4. The van der Waals surface area contributed by atoms with Crippen LogP contribution in [0.3, 0.4) is 0 Å². The van der Waals surface area contributed by atoms with Crippen LogP contribution >= 0.6 is 0 Å². The lowest BCUT2D eigenvalue weighted by Gasteiger charge is -2.42. The summed E-state index contributed by atoms with van der Waals surface area (Å²) in [6.45, 7) is 2.88. The standard InChI is InChI=1S/C18H25NO3/c1-21-17-10-15-13(8-18(17)22-11-12-2-3-12)4-6-19-7-5-14(20)9-16(15)19/h8,10,12,14,16,20H,2-7,9,11H2,1H3. The lowest BCUT2D eigenvalue weighted by Crippen LogP contribution is -2.42. The smallest absolute Gasteiger partial charge is 0.161 e. The van der Waals surface area contributed by atoms with Crippen LogP contribution in [-0.4, -0.2) is 42.9 Å². The van der Waals surface area contributed by atoms with Crippen LogP contribution in [0.25, 0.3) is 0 Å². The Balaban J connectivity index is 1.62. The number of ether oxygens (including phenoxy) is 2. The molecule has 2 fully saturated rings. The van der Waals surface area contributed by atoms with Crippen LogP contribution in [0, 0.1) is 5.92 Å². The molecule has 4 nitrogen and oxygen atoms in total. The van der Waals surface area contributed by atoms with E-state index in [9.17, 15) is 5.11 Å². The zero-order valence-corrected chi connectivity index (χ0v) is 13.3. The maximum absolute atomic E-state index is 10.0. The summed E-state index contributed by atoms with van der Waals surface area (Å²) < 4.78 is 11.6. The first-order chi connectivity index (χ1) is 10.7. The van der Waals surface area contributed by atoms with E-state index in [1.807, 2.05) is 0 Å². The van der Waals surface area contributed by atoms with E-state index in [1.54, 1.807) is 7.11 Å². The largest absolute Gasteiger partial charge is 0.493 e. The number of fused-ring (bicyclic) bond motifs is 3. The minimum atomic E-state index is -0.177. The van der Waals surface area contributed by atoms with Crippen molar-refractivity contribution in [1.82, 2.24) is 4.90 Å². The number of hydrogen-bond donors (Lipinski definition) is 1. The maximum Gasteiger partial charge on any atom is 0.161 e. The molecule has 1 saturated heterocycles. The predicted molar refractivity (Wildman–Crippen MR) is 84.5 cm³/mol. The Morgan fingerprint density at radius 3 is 2.82 bits per heavy atom. The average molecular weight is 303 g/mol. The van der Waals surface area contributed by atoms with Crippen molar-refractivity contribution in [2.75, 3.05) is 26.8 Å². The molecule has 2 heterocycles. The van der Waals surface area contributed by atoms with E-state index < -0.39 is 0 Å². The number of methoxy groups -OCH3 is 1. The van der Waals surface area contributed by atoms with Gasteiger partial charge in [-0.05, 0) is 61.3 Å². The van der Waals surface area contributed by atoms with Crippen molar-refractivity contribution in [2.24, 2.45) is 5.92 Å². The molecule has 0 spiro atoms. The Morgan fingerprint density at radius 1 is 1.18 bits per heavy atom. The summed E-state index contributed by atoms with van der Waals surface area (Å²) in [7, 11) is 1.71. The molecule has 1 aromatic carbocycles. The second-order valence-corrected chi connectivity index (χ2v) is 6.94. The van der Waals surface area contributed by atoms with Gasteiger partial charge in [-0.15, -0.1) is 0 Å². The van der Waals surface area contributed by atoms with Gasteiger partial charge in [0.05, 0.1) is 19.8 Å². The van der Waals surface area contributed by atoms with Gasteiger partial charge in [-0.3, -0.25) is 4.90 Å². The summed E-state index contributed by atoms with van der Waals surface area (Å²) in [6.07, 6.45) is 5.20. The topological polar surface area (TPSA) is 41.9 Å². The second kappa shape index (κ2) is 5.74. The van der Waals surface area contributed by atoms with Crippen LogP contribution in [0.5, 0.6) is 11.5 Å². The molecule has 120 valence electrons. The monoisotopic (exact) mass is 303 g/mol. The van der Waals surface area contributed by atoms with Gasteiger partial charge in [-0.1, -0.05) is 0 Å². The van der Waals surface area contributed by atoms with Gasteiger partial charge in [0.1, 0.15) is 0 Å². The van der Waals surface area contributed by atoms with Crippen molar-refractivity contribution in [3.63, 3.8) is 0 Å². The molecule has 1 N–H and O–H groups in total. The van der Waals surface area contributed by atoms with Gasteiger partial charge in [0, 0.05) is 19.1 Å². The number of piperidine rings is 1. The van der Waals surface area contributed by atoms with Gasteiger partial charge in [0.25, 0.3) is 0 Å². The molecule has 22 heavy (non-hydrogen) atoms. The van der Waals surface area contributed by atoms with E-state index in [4.69, 9.17) is 9.47 Å². The van der Waals surface area contributed by atoms with E-state index in [0.717, 1.165) is 56.4 Å². The molecule has 3 aliphatic rings. The summed E-state index contributed by atoms with van der Waals surface area (Å²) in [6, 6.07) is 4.65. The minimum Gasteiger partial charge on any atom is -0.493 e. The number of benzene rings is 1. The van der Waals surface area contributed by atoms with Gasteiger partial charge in [0.15, 0.2) is 11.5 Å². The molecular formula is C18H25NO3. The number of hydrogen-bond acceptors (Lipinski definition) is 4. The Hall–Kier alpha value is -1.26. The highest BCUT2D eigenvalue weighted by Gasteiger charge is 2.34. The molecule has 4 rings (SSSR count). The molecule has 2 unspecified atom stereocenters. The normalized spacial score (nSPS) is 27.9. The van der Waals surface area contributed by atoms with E-state index in [2.05, 4.69) is 17.0 Å². The predicted octanol–water partition coefficient (Wildman–Crippen LogP) is 2.54. The van der Waals surface area contributed by atoms with Crippen molar-refractivity contribution in [2.45, 2.75) is 44.2 Å². The fourth-order valence-electron chi connectivity index (χ4n) is 3.76. The van der Waals surface area contributed by atoms with Crippen LogP contribution in [0.1, 0.15) is 42.9 Å². The van der Waals surface area contributed by atoms with Crippen LogP contribution in [0.15, 0.2) is 12.1 Å². The molecule has 0 bridgehead atoms. The first-order valence-electron chi connectivity index (χ1n) is 8.50. The van der Waals surface area contributed by atoms with Gasteiger partial charge < -0.3 is 14.6 Å². The first-order valence-corrected chi connectivity index (χ1v) is 8.50. The maximum atomic E-state index is 10.0. The third-order valence-electron chi connectivity index (χ3n) is 5.31. The Morgan fingerprint density at radius 2 is 2.05 bits per heavy atom. The zero-order valence-electron chi connectivity index (χ0n) is 13.3. The van der Waals surface area contributed by atoms with Crippen LogP contribution in [0.2, 0.25) is 0 Å². The minimum absolute atomic E-state index is 0.177. The van der Waals surface area contributed by atoms with Gasteiger partial charge in [-0.25, -0.2) is 0 Å². The third kappa shape index (κ3) is 2.70. The Bertz CT molecular complexity index is 556. The molecule has 2 atom stereocenters. The lowest BCUT2D eigenvalue weighted by molar-refractivity contribution is 0.0359. The van der Waals surface area contributed by atoms with Gasteiger partial charge >= 0.3 is 0 Å². The molecule has 0 aromatic heterocycles. The molecule has 2 aliphatic heterocycles. The SMILES string of the molecule is COc1cc2c(cc1OCC1CC1)CCN1CCC(O)CC21. The van der Waals surface area contributed by atoms with Crippen LogP contribution in [-0.2, 0) is 6.42 Å². The molecular weight excluding hydrogens is 278 g/mol. The fraction of sp³-hybridized carbons (Fsp3) is 0.667. The number of aliphatic hydroxyl groups is 1. The Labute approximate surface area is 132 Å². The van der Waals surface area contributed by atoms with Crippen molar-refractivity contribution in [3.8, 4) is 11.5 Å².